The molecule has 0 aromatic heterocycles. The molecule has 2 atom stereocenters. The Labute approximate surface area is 155 Å². The average molecular weight is 371 g/mol. The van der Waals surface area contributed by atoms with Crippen LogP contribution < -0.4 is 5.73 Å². The maximum absolute atomic E-state index is 12.0. The van der Waals surface area contributed by atoms with Crippen LogP contribution in [-0.4, -0.2) is 39.3 Å². The molecule has 150 valence electrons. The molecular formula is C19H33NO6. The number of aliphatic carboxylic acids is 2. The van der Waals surface area contributed by atoms with Gasteiger partial charge >= 0.3 is 17.9 Å². The second kappa shape index (κ2) is 9.35. The first-order valence-corrected chi connectivity index (χ1v) is 9.45. The van der Waals surface area contributed by atoms with Gasteiger partial charge in [-0.3, -0.25) is 14.4 Å². The first kappa shape index (κ1) is 22.4. The van der Waals surface area contributed by atoms with Crippen LogP contribution in [0.3, 0.4) is 0 Å². The molecule has 0 spiro atoms. The highest BCUT2D eigenvalue weighted by molar-refractivity contribution is 5.87. The van der Waals surface area contributed by atoms with Crippen molar-refractivity contribution in [2.75, 3.05) is 0 Å². The molecule has 0 aromatic rings. The SMILES string of the molecule is CC(C)(C)OC(=O)C1CCCCC1(N)C(=O)O.O=C(O)C1CCCCC1. The standard InChI is InChI=1S/C12H21NO4.C7H12O2/c1-11(2,3)17-9(14)8-6-4-5-7-12(8,13)10(15)16;8-7(9)6-4-2-1-3-5-6/h8H,4-7,13H2,1-3H3,(H,15,16);6H,1-5H2,(H,8,9). The van der Waals surface area contributed by atoms with E-state index >= 15 is 0 Å². The van der Waals surface area contributed by atoms with Gasteiger partial charge in [0.15, 0.2) is 0 Å². The predicted molar refractivity (Wildman–Crippen MR) is 96.6 cm³/mol. The van der Waals surface area contributed by atoms with Gasteiger partial charge in [-0.05, 0) is 46.5 Å². The van der Waals surface area contributed by atoms with E-state index in [0.717, 1.165) is 38.5 Å². The van der Waals surface area contributed by atoms with E-state index in [0.29, 0.717) is 12.8 Å². The lowest BCUT2D eigenvalue weighted by Crippen LogP contribution is -2.58. The number of carbonyl (C=O) groups is 3. The smallest absolute Gasteiger partial charge is 0.324 e. The normalized spacial score (nSPS) is 27.0. The molecule has 26 heavy (non-hydrogen) atoms. The molecule has 0 saturated heterocycles. The first-order chi connectivity index (χ1) is 12.0. The average Bonchev–Trinajstić information content (AvgIpc) is 2.55. The van der Waals surface area contributed by atoms with Crippen molar-refractivity contribution >= 4 is 17.9 Å². The lowest BCUT2D eigenvalue weighted by molar-refractivity contribution is -0.169. The number of carboxylic acids is 2. The highest BCUT2D eigenvalue weighted by Gasteiger charge is 2.49. The Bertz CT molecular complexity index is 507. The largest absolute Gasteiger partial charge is 0.481 e. The molecule has 4 N–H and O–H groups in total. The Kier molecular flexibility index (Phi) is 8.06. The summed E-state index contributed by atoms with van der Waals surface area (Å²) in [5, 5.41) is 17.7. The number of hydrogen-bond acceptors (Lipinski definition) is 5. The molecule has 2 aliphatic rings. The summed E-state index contributed by atoms with van der Waals surface area (Å²) < 4.78 is 5.24. The summed E-state index contributed by atoms with van der Waals surface area (Å²) in [7, 11) is 0. The van der Waals surface area contributed by atoms with E-state index in [9.17, 15) is 19.5 Å². The van der Waals surface area contributed by atoms with E-state index in [4.69, 9.17) is 15.6 Å². The number of nitrogens with two attached hydrogens (primary N) is 1. The molecule has 0 radical (unpaired) electrons. The van der Waals surface area contributed by atoms with Crippen molar-refractivity contribution in [1.29, 1.82) is 0 Å². The van der Waals surface area contributed by atoms with Gasteiger partial charge in [-0.1, -0.05) is 32.1 Å². The van der Waals surface area contributed by atoms with Gasteiger partial charge in [-0.2, -0.15) is 0 Å². The maximum Gasteiger partial charge on any atom is 0.324 e. The minimum Gasteiger partial charge on any atom is -0.481 e. The van der Waals surface area contributed by atoms with Crippen LogP contribution in [0, 0.1) is 11.8 Å². The van der Waals surface area contributed by atoms with Gasteiger partial charge in [-0.25, -0.2) is 0 Å². The molecule has 7 heteroatoms. The lowest BCUT2D eigenvalue weighted by Gasteiger charge is -2.37. The second-order valence-electron chi connectivity index (χ2n) is 8.35. The lowest BCUT2D eigenvalue weighted by atomic mass is 9.73. The number of carbonyl (C=O) groups excluding carboxylic acids is 1. The third-order valence-corrected chi connectivity index (χ3v) is 5.00. The number of hydrogen-bond donors (Lipinski definition) is 3. The molecule has 7 nitrogen and oxygen atoms in total. The number of rotatable bonds is 3. The molecule has 2 aliphatic carbocycles. The molecule has 0 amide bonds. The Morgan fingerprint density at radius 2 is 1.50 bits per heavy atom. The number of ether oxygens (including phenoxy) is 1. The van der Waals surface area contributed by atoms with Gasteiger partial charge in [0.2, 0.25) is 0 Å². The van der Waals surface area contributed by atoms with E-state index in [1.165, 1.54) is 6.42 Å². The van der Waals surface area contributed by atoms with Gasteiger partial charge in [0.25, 0.3) is 0 Å². The third kappa shape index (κ3) is 6.59. The Morgan fingerprint density at radius 3 is 1.92 bits per heavy atom. The molecule has 0 aliphatic heterocycles. The summed E-state index contributed by atoms with van der Waals surface area (Å²) in [5.41, 5.74) is 3.78. The molecule has 2 fully saturated rings. The Morgan fingerprint density at radius 1 is 0.962 bits per heavy atom. The molecule has 2 rings (SSSR count). The summed E-state index contributed by atoms with van der Waals surface area (Å²) in [4.78, 5) is 33.5. The van der Waals surface area contributed by atoms with Crippen molar-refractivity contribution in [1.82, 2.24) is 0 Å². The van der Waals surface area contributed by atoms with Crippen LogP contribution in [0.5, 0.6) is 0 Å². The third-order valence-electron chi connectivity index (χ3n) is 5.00. The van der Waals surface area contributed by atoms with Crippen molar-refractivity contribution in [2.24, 2.45) is 17.6 Å². The zero-order valence-corrected chi connectivity index (χ0v) is 16.1. The minimum atomic E-state index is -1.47. The van der Waals surface area contributed by atoms with Crippen LogP contribution in [-0.2, 0) is 19.1 Å². The second-order valence-corrected chi connectivity index (χ2v) is 8.35. The van der Waals surface area contributed by atoms with E-state index < -0.39 is 35.0 Å². The van der Waals surface area contributed by atoms with Crippen molar-refractivity contribution in [2.45, 2.75) is 89.7 Å². The number of esters is 1. The molecular weight excluding hydrogens is 338 g/mol. The van der Waals surface area contributed by atoms with Crippen molar-refractivity contribution in [3.63, 3.8) is 0 Å². The van der Waals surface area contributed by atoms with Crippen LogP contribution in [0.2, 0.25) is 0 Å². The van der Waals surface area contributed by atoms with Gasteiger partial charge in [0.05, 0.1) is 11.8 Å². The van der Waals surface area contributed by atoms with Crippen molar-refractivity contribution in [3.8, 4) is 0 Å². The molecule has 0 aromatic carbocycles. The maximum atomic E-state index is 12.0. The summed E-state index contributed by atoms with van der Waals surface area (Å²) in [6.45, 7) is 5.27. The van der Waals surface area contributed by atoms with Crippen molar-refractivity contribution in [3.05, 3.63) is 0 Å². The van der Waals surface area contributed by atoms with Gasteiger partial charge in [0.1, 0.15) is 11.1 Å². The summed E-state index contributed by atoms with van der Waals surface area (Å²) in [5.74, 6) is -2.99. The molecule has 2 unspecified atom stereocenters. The molecule has 2 saturated carbocycles. The van der Waals surface area contributed by atoms with Crippen LogP contribution in [0.15, 0.2) is 0 Å². The van der Waals surface area contributed by atoms with Crippen LogP contribution >= 0.6 is 0 Å². The zero-order chi connectivity index (χ0) is 20.0. The highest BCUT2D eigenvalue weighted by Crippen LogP contribution is 2.34. The van der Waals surface area contributed by atoms with Gasteiger partial charge < -0.3 is 20.7 Å². The van der Waals surface area contributed by atoms with Gasteiger partial charge in [0, 0.05) is 0 Å². The fourth-order valence-corrected chi connectivity index (χ4v) is 3.50. The monoisotopic (exact) mass is 371 g/mol. The Balaban J connectivity index is 0.000000314. The topological polar surface area (TPSA) is 127 Å². The van der Waals surface area contributed by atoms with E-state index in [-0.39, 0.29) is 5.92 Å². The quantitative estimate of drug-likeness (QED) is 0.651. The van der Waals surface area contributed by atoms with E-state index in [1.807, 2.05) is 0 Å². The minimum absolute atomic E-state index is 0.0289. The van der Waals surface area contributed by atoms with Crippen molar-refractivity contribution < 1.29 is 29.3 Å². The fourth-order valence-electron chi connectivity index (χ4n) is 3.50. The number of carboxylic acid groups (broad SMARTS) is 2. The first-order valence-electron chi connectivity index (χ1n) is 9.45. The highest BCUT2D eigenvalue weighted by atomic mass is 16.6. The van der Waals surface area contributed by atoms with Crippen LogP contribution in [0.1, 0.15) is 78.6 Å². The van der Waals surface area contributed by atoms with E-state index in [2.05, 4.69) is 0 Å². The summed E-state index contributed by atoms with van der Waals surface area (Å²) >= 11 is 0. The van der Waals surface area contributed by atoms with Crippen LogP contribution in [0.25, 0.3) is 0 Å². The predicted octanol–water partition coefficient (Wildman–Crippen LogP) is 2.95. The molecule has 0 heterocycles. The van der Waals surface area contributed by atoms with Crippen LogP contribution in [0.4, 0.5) is 0 Å². The zero-order valence-electron chi connectivity index (χ0n) is 16.1. The Hall–Kier alpha value is -1.63. The summed E-state index contributed by atoms with van der Waals surface area (Å²) in [6.07, 6.45) is 7.60. The molecule has 0 bridgehead atoms. The fraction of sp³-hybridized carbons (Fsp3) is 0.842. The van der Waals surface area contributed by atoms with E-state index in [1.54, 1.807) is 20.8 Å². The summed E-state index contributed by atoms with van der Waals surface area (Å²) in [6, 6.07) is 0. The van der Waals surface area contributed by atoms with Gasteiger partial charge in [-0.15, -0.1) is 0 Å².